The zero-order valence-corrected chi connectivity index (χ0v) is 18.7. The quantitative estimate of drug-likeness (QED) is 0.306. The Labute approximate surface area is 188 Å². The zero-order valence-electron chi connectivity index (χ0n) is 18.7. The van der Waals surface area contributed by atoms with E-state index in [0.29, 0.717) is 5.92 Å². The molecule has 0 atom stereocenters. The fourth-order valence-electron chi connectivity index (χ4n) is 5.34. The average Bonchev–Trinajstić information content (AvgIpc) is 3.40. The Morgan fingerprint density at radius 3 is 2.47 bits per heavy atom. The lowest BCUT2D eigenvalue weighted by atomic mass is 9.89. The van der Waals surface area contributed by atoms with Crippen LogP contribution in [0.3, 0.4) is 0 Å². The third kappa shape index (κ3) is 2.97. The van der Waals surface area contributed by atoms with Crippen LogP contribution in [0, 0.1) is 6.92 Å². The number of imidazole rings is 1. The van der Waals surface area contributed by atoms with E-state index in [-0.39, 0.29) is 0 Å². The number of oxazole rings is 1. The zero-order chi connectivity index (χ0) is 21.7. The van der Waals surface area contributed by atoms with Gasteiger partial charge in [-0.15, -0.1) is 0 Å². The summed E-state index contributed by atoms with van der Waals surface area (Å²) in [6.07, 6.45) is 6.23. The molecule has 0 N–H and O–H groups in total. The van der Waals surface area contributed by atoms with Crippen molar-refractivity contribution >= 4 is 22.1 Å². The van der Waals surface area contributed by atoms with Crippen LogP contribution >= 0.6 is 0 Å². The van der Waals surface area contributed by atoms with Crippen LogP contribution in [0.2, 0.25) is 0 Å². The highest BCUT2D eigenvalue weighted by molar-refractivity contribution is 5.92. The first-order chi connectivity index (χ1) is 15.7. The van der Waals surface area contributed by atoms with Crippen molar-refractivity contribution in [1.29, 1.82) is 0 Å². The van der Waals surface area contributed by atoms with Crippen molar-refractivity contribution in [2.24, 2.45) is 7.05 Å². The van der Waals surface area contributed by atoms with Crippen molar-refractivity contribution in [3.8, 4) is 17.1 Å². The van der Waals surface area contributed by atoms with Crippen LogP contribution in [-0.4, -0.2) is 9.55 Å². The van der Waals surface area contributed by atoms with Crippen molar-refractivity contribution in [2.75, 3.05) is 0 Å². The molecule has 32 heavy (non-hydrogen) atoms. The Kier molecular flexibility index (Phi) is 4.60. The van der Waals surface area contributed by atoms with Crippen LogP contribution in [0.5, 0.6) is 0 Å². The van der Waals surface area contributed by atoms with Gasteiger partial charge in [-0.3, -0.25) is 0 Å². The predicted molar refractivity (Wildman–Crippen MR) is 128 cm³/mol. The van der Waals surface area contributed by atoms with Gasteiger partial charge in [0.25, 0.3) is 5.82 Å². The van der Waals surface area contributed by atoms with Crippen LogP contribution < -0.4 is 4.57 Å². The number of nitrogens with zero attached hydrogens (tertiary/aromatic N) is 3. The number of para-hydroxylation sites is 3. The topological polar surface area (TPSA) is 34.8 Å². The first-order valence-corrected chi connectivity index (χ1v) is 11.7. The standard InChI is InChI=1S/C28H28N3O/c1-19-17-18-22-26(32-27(29-22)20-11-5-3-6-12-20)25(19)28-30(2)23-15-9-10-16-24(23)31(28)21-13-7-4-8-14-21/h4,7-10,13-18,20H,3,5-6,11-12H2,1-2H3/q+1. The van der Waals surface area contributed by atoms with Gasteiger partial charge >= 0.3 is 0 Å². The van der Waals surface area contributed by atoms with E-state index in [1.807, 2.05) is 0 Å². The molecule has 0 amide bonds. The molecule has 5 aromatic rings. The molecule has 2 aromatic heterocycles. The van der Waals surface area contributed by atoms with Crippen LogP contribution in [0.15, 0.2) is 71.1 Å². The summed E-state index contributed by atoms with van der Waals surface area (Å²) >= 11 is 0. The van der Waals surface area contributed by atoms with E-state index < -0.39 is 0 Å². The molecule has 4 nitrogen and oxygen atoms in total. The van der Waals surface area contributed by atoms with Crippen LogP contribution in [0.1, 0.15) is 49.5 Å². The maximum Gasteiger partial charge on any atom is 0.299 e. The van der Waals surface area contributed by atoms with Gasteiger partial charge in [-0.2, -0.15) is 4.57 Å². The molecule has 0 unspecified atom stereocenters. The molecule has 0 aliphatic heterocycles. The Balaban J connectivity index is 1.66. The molecule has 6 rings (SSSR count). The maximum absolute atomic E-state index is 6.58. The summed E-state index contributed by atoms with van der Waals surface area (Å²) in [4.78, 5) is 4.96. The van der Waals surface area contributed by atoms with Gasteiger partial charge in [-0.25, -0.2) is 9.55 Å². The molecule has 160 valence electrons. The molecular weight excluding hydrogens is 394 g/mol. The molecule has 1 fully saturated rings. The van der Waals surface area contributed by atoms with Crippen molar-refractivity contribution in [3.05, 3.63) is 78.2 Å². The molecule has 0 saturated heterocycles. The Morgan fingerprint density at radius 1 is 0.906 bits per heavy atom. The maximum atomic E-state index is 6.58. The normalized spacial score (nSPS) is 15.1. The van der Waals surface area contributed by atoms with Gasteiger partial charge in [0, 0.05) is 5.92 Å². The van der Waals surface area contributed by atoms with Gasteiger partial charge in [0.2, 0.25) is 0 Å². The minimum absolute atomic E-state index is 0.443. The van der Waals surface area contributed by atoms with E-state index in [4.69, 9.17) is 9.40 Å². The van der Waals surface area contributed by atoms with Crippen molar-refractivity contribution in [2.45, 2.75) is 44.9 Å². The average molecular weight is 423 g/mol. The number of hydrogen-bond donors (Lipinski definition) is 0. The third-order valence-corrected chi connectivity index (χ3v) is 6.99. The third-order valence-electron chi connectivity index (χ3n) is 6.99. The fraction of sp³-hybridized carbons (Fsp3) is 0.286. The highest BCUT2D eigenvalue weighted by Gasteiger charge is 2.31. The first-order valence-electron chi connectivity index (χ1n) is 11.7. The van der Waals surface area contributed by atoms with Gasteiger partial charge in [0.1, 0.15) is 16.8 Å². The van der Waals surface area contributed by atoms with Crippen LogP contribution in [0.4, 0.5) is 0 Å². The minimum atomic E-state index is 0.443. The van der Waals surface area contributed by atoms with E-state index in [2.05, 4.69) is 89.8 Å². The number of hydrogen-bond acceptors (Lipinski definition) is 2. The Morgan fingerprint density at radius 2 is 1.66 bits per heavy atom. The number of rotatable bonds is 3. The molecule has 4 heteroatoms. The van der Waals surface area contributed by atoms with E-state index >= 15 is 0 Å². The van der Waals surface area contributed by atoms with Gasteiger partial charge < -0.3 is 4.42 Å². The molecule has 1 aliphatic carbocycles. The van der Waals surface area contributed by atoms with Crippen molar-refractivity contribution < 1.29 is 8.98 Å². The second-order valence-corrected chi connectivity index (χ2v) is 9.04. The number of aryl methyl sites for hydroxylation is 2. The van der Waals surface area contributed by atoms with Crippen LogP contribution in [0.25, 0.3) is 39.2 Å². The monoisotopic (exact) mass is 422 g/mol. The van der Waals surface area contributed by atoms with E-state index in [0.717, 1.165) is 34.1 Å². The predicted octanol–water partition coefficient (Wildman–Crippen LogP) is 6.62. The SMILES string of the molecule is Cc1ccc2nc(C3CCCCC3)oc2c1-c1n(-c2ccccc2)c2ccccc2[n+]1C. The molecule has 0 radical (unpaired) electrons. The fourth-order valence-corrected chi connectivity index (χ4v) is 5.34. The van der Waals surface area contributed by atoms with Crippen molar-refractivity contribution in [1.82, 2.24) is 9.55 Å². The second-order valence-electron chi connectivity index (χ2n) is 9.04. The number of aromatic nitrogens is 3. The Hall–Kier alpha value is -3.40. The lowest BCUT2D eigenvalue weighted by Gasteiger charge is -2.17. The van der Waals surface area contributed by atoms with Crippen LogP contribution in [-0.2, 0) is 7.05 Å². The molecule has 1 saturated carbocycles. The summed E-state index contributed by atoms with van der Waals surface area (Å²) in [5, 5.41) is 0. The minimum Gasteiger partial charge on any atom is -0.439 e. The summed E-state index contributed by atoms with van der Waals surface area (Å²) in [5.74, 6) is 2.47. The highest BCUT2D eigenvalue weighted by Crippen LogP contribution is 2.38. The highest BCUT2D eigenvalue weighted by atomic mass is 16.3. The largest absolute Gasteiger partial charge is 0.439 e. The summed E-state index contributed by atoms with van der Waals surface area (Å²) in [6.45, 7) is 2.17. The number of benzene rings is 3. The summed E-state index contributed by atoms with van der Waals surface area (Å²) in [5.41, 5.74) is 7.69. The molecule has 3 aromatic carbocycles. The van der Waals surface area contributed by atoms with Gasteiger partial charge in [-0.1, -0.05) is 55.7 Å². The number of fused-ring (bicyclic) bond motifs is 2. The first kappa shape index (κ1) is 19.3. The summed E-state index contributed by atoms with van der Waals surface area (Å²) in [6, 6.07) is 23.5. The van der Waals surface area contributed by atoms with Crippen molar-refractivity contribution in [3.63, 3.8) is 0 Å². The van der Waals surface area contributed by atoms with E-state index in [1.54, 1.807) is 0 Å². The van der Waals surface area contributed by atoms with Gasteiger partial charge in [-0.05, 0) is 55.7 Å². The molecular formula is C28H28N3O+. The summed E-state index contributed by atoms with van der Waals surface area (Å²) < 4.78 is 11.2. The van der Waals surface area contributed by atoms with Gasteiger partial charge in [0.15, 0.2) is 22.5 Å². The lowest BCUT2D eigenvalue weighted by Crippen LogP contribution is -2.30. The smallest absolute Gasteiger partial charge is 0.299 e. The molecule has 0 spiro atoms. The molecule has 1 aliphatic rings. The second kappa shape index (κ2) is 7.63. The Bertz CT molecular complexity index is 1420. The molecule has 0 bridgehead atoms. The van der Waals surface area contributed by atoms with E-state index in [1.165, 1.54) is 48.7 Å². The molecule has 2 heterocycles. The lowest BCUT2D eigenvalue weighted by molar-refractivity contribution is -0.633. The summed E-state index contributed by atoms with van der Waals surface area (Å²) in [7, 11) is 2.15. The van der Waals surface area contributed by atoms with E-state index in [9.17, 15) is 0 Å². The van der Waals surface area contributed by atoms with Gasteiger partial charge in [0.05, 0.1) is 7.05 Å².